The Morgan fingerprint density at radius 1 is 1.38 bits per heavy atom. The zero-order chi connectivity index (χ0) is 12.1. The second-order valence-electron chi connectivity index (χ2n) is 4.10. The number of benzene rings is 1. The summed E-state index contributed by atoms with van der Waals surface area (Å²) >= 11 is 0. The van der Waals surface area contributed by atoms with Crippen molar-refractivity contribution in [2.24, 2.45) is 0 Å². The number of ketones is 1. The summed E-state index contributed by atoms with van der Waals surface area (Å²) in [5.41, 5.74) is 1.77. The van der Waals surface area contributed by atoms with E-state index in [2.05, 4.69) is 5.32 Å². The van der Waals surface area contributed by atoms with Crippen molar-refractivity contribution < 1.29 is 9.59 Å². The van der Waals surface area contributed by atoms with Crippen LogP contribution in [0.4, 0.5) is 0 Å². The lowest BCUT2D eigenvalue weighted by atomic mass is 10.0. The molecule has 1 N–H and O–H groups in total. The maximum Gasteiger partial charge on any atom is 0.217 e. The predicted molar refractivity (Wildman–Crippen MR) is 63.4 cm³/mol. The molecule has 0 heterocycles. The van der Waals surface area contributed by atoms with E-state index in [0.29, 0.717) is 12.0 Å². The molecule has 0 aromatic heterocycles. The largest absolute Gasteiger partial charge is 0.353 e. The average molecular weight is 219 g/mol. The summed E-state index contributed by atoms with van der Waals surface area (Å²) in [6, 6.07) is 7.36. The summed E-state index contributed by atoms with van der Waals surface area (Å²) in [7, 11) is 0. The maximum atomic E-state index is 11.8. The molecule has 0 saturated carbocycles. The van der Waals surface area contributed by atoms with Gasteiger partial charge in [-0.1, -0.05) is 23.8 Å². The van der Waals surface area contributed by atoms with E-state index in [0.717, 1.165) is 5.56 Å². The van der Waals surface area contributed by atoms with Crippen LogP contribution in [0.15, 0.2) is 24.3 Å². The lowest BCUT2D eigenvalue weighted by Crippen LogP contribution is -2.32. The van der Waals surface area contributed by atoms with E-state index in [9.17, 15) is 9.59 Å². The van der Waals surface area contributed by atoms with Crippen molar-refractivity contribution in [2.75, 3.05) is 0 Å². The van der Waals surface area contributed by atoms with Gasteiger partial charge in [-0.25, -0.2) is 0 Å². The fourth-order valence-corrected chi connectivity index (χ4v) is 1.61. The number of hydrogen-bond donors (Lipinski definition) is 1. The molecule has 1 atom stereocenters. The molecule has 1 rings (SSSR count). The highest BCUT2D eigenvalue weighted by atomic mass is 16.1. The van der Waals surface area contributed by atoms with Gasteiger partial charge in [-0.2, -0.15) is 0 Å². The smallest absolute Gasteiger partial charge is 0.217 e. The molecule has 0 fully saturated rings. The predicted octanol–water partition coefficient (Wildman–Crippen LogP) is 2.09. The van der Waals surface area contributed by atoms with Gasteiger partial charge in [0.05, 0.1) is 0 Å². The van der Waals surface area contributed by atoms with Gasteiger partial charge in [-0.05, 0) is 19.9 Å². The van der Waals surface area contributed by atoms with Crippen molar-refractivity contribution in [1.29, 1.82) is 0 Å². The summed E-state index contributed by atoms with van der Waals surface area (Å²) < 4.78 is 0. The van der Waals surface area contributed by atoms with Crippen molar-refractivity contribution in [3.05, 3.63) is 35.4 Å². The molecular formula is C13H17NO2. The molecular weight excluding hydrogens is 202 g/mol. The van der Waals surface area contributed by atoms with Crippen molar-refractivity contribution in [2.45, 2.75) is 33.2 Å². The third kappa shape index (κ3) is 3.85. The van der Waals surface area contributed by atoms with E-state index in [1.807, 2.05) is 32.0 Å². The summed E-state index contributed by atoms with van der Waals surface area (Å²) in [4.78, 5) is 22.6. The van der Waals surface area contributed by atoms with Crippen LogP contribution in [0.25, 0.3) is 0 Å². The summed E-state index contributed by atoms with van der Waals surface area (Å²) in [5.74, 6) is -0.0468. The van der Waals surface area contributed by atoms with Crippen LogP contribution in [-0.2, 0) is 4.79 Å². The minimum absolute atomic E-state index is 0.0601. The number of amides is 1. The van der Waals surface area contributed by atoms with Gasteiger partial charge < -0.3 is 5.32 Å². The van der Waals surface area contributed by atoms with Gasteiger partial charge in [0.25, 0.3) is 0 Å². The number of aryl methyl sites for hydroxylation is 1. The van der Waals surface area contributed by atoms with Crippen LogP contribution in [-0.4, -0.2) is 17.7 Å². The van der Waals surface area contributed by atoms with E-state index >= 15 is 0 Å². The van der Waals surface area contributed by atoms with Crippen LogP contribution in [0.2, 0.25) is 0 Å². The second-order valence-corrected chi connectivity index (χ2v) is 4.10. The van der Waals surface area contributed by atoms with E-state index in [4.69, 9.17) is 0 Å². The zero-order valence-electron chi connectivity index (χ0n) is 9.91. The van der Waals surface area contributed by atoms with Crippen LogP contribution < -0.4 is 5.32 Å². The molecule has 0 aliphatic rings. The van der Waals surface area contributed by atoms with E-state index in [1.165, 1.54) is 6.92 Å². The molecule has 0 saturated heterocycles. The Balaban J connectivity index is 2.62. The third-order valence-corrected chi connectivity index (χ3v) is 2.28. The van der Waals surface area contributed by atoms with Crippen LogP contribution in [0.5, 0.6) is 0 Å². The number of rotatable bonds is 4. The minimum Gasteiger partial charge on any atom is -0.353 e. The standard InChI is InChI=1S/C13H17NO2/c1-9-5-4-6-12(7-9)13(16)8-10(2)14-11(3)15/h4-7,10H,8H2,1-3H3,(H,14,15). The molecule has 0 radical (unpaired) electrons. The molecule has 1 amide bonds. The fraction of sp³-hybridized carbons (Fsp3) is 0.385. The Labute approximate surface area is 95.9 Å². The Morgan fingerprint density at radius 2 is 2.06 bits per heavy atom. The Morgan fingerprint density at radius 3 is 2.62 bits per heavy atom. The Kier molecular flexibility index (Phi) is 4.23. The first kappa shape index (κ1) is 12.4. The van der Waals surface area contributed by atoms with Gasteiger partial charge in [-0.15, -0.1) is 0 Å². The van der Waals surface area contributed by atoms with E-state index < -0.39 is 0 Å². The topological polar surface area (TPSA) is 46.2 Å². The van der Waals surface area contributed by atoms with Gasteiger partial charge >= 0.3 is 0 Å². The van der Waals surface area contributed by atoms with Crippen LogP contribution in [0.1, 0.15) is 36.2 Å². The number of Topliss-reactive ketones (excluding diaryl/α,β-unsaturated/α-hetero) is 1. The number of carbonyl (C=O) groups is 2. The quantitative estimate of drug-likeness (QED) is 0.788. The molecule has 1 aromatic rings. The minimum atomic E-state index is -0.120. The van der Waals surface area contributed by atoms with Gasteiger partial charge in [0.2, 0.25) is 5.91 Å². The molecule has 0 aliphatic heterocycles. The van der Waals surface area contributed by atoms with Crippen LogP contribution >= 0.6 is 0 Å². The SMILES string of the molecule is CC(=O)NC(C)CC(=O)c1cccc(C)c1. The first-order chi connectivity index (χ1) is 7.49. The second kappa shape index (κ2) is 5.45. The molecule has 86 valence electrons. The van der Waals surface area contributed by atoms with Crippen LogP contribution in [0, 0.1) is 6.92 Å². The van der Waals surface area contributed by atoms with Crippen molar-refractivity contribution in [3.63, 3.8) is 0 Å². The number of hydrogen-bond acceptors (Lipinski definition) is 2. The summed E-state index contributed by atoms with van der Waals surface area (Å²) in [6.07, 6.45) is 0.336. The van der Waals surface area contributed by atoms with Crippen molar-refractivity contribution in [3.8, 4) is 0 Å². The normalized spacial score (nSPS) is 11.9. The molecule has 0 bridgehead atoms. The van der Waals surface area contributed by atoms with Crippen molar-refractivity contribution in [1.82, 2.24) is 5.32 Å². The fourth-order valence-electron chi connectivity index (χ4n) is 1.61. The molecule has 3 nitrogen and oxygen atoms in total. The molecule has 0 spiro atoms. The third-order valence-electron chi connectivity index (χ3n) is 2.28. The molecule has 16 heavy (non-hydrogen) atoms. The van der Waals surface area contributed by atoms with Crippen LogP contribution in [0.3, 0.4) is 0 Å². The lowest BCUT2D eigenvalue weighted by Gasteiger charge is -2.11. The molecule has 1 unspecified atom stereocenters. The molecule has 0 aliphatic carbocycles. The highest BCUT2D eigenvalue weighted by Crippen LogP contribution is 2.08. The Bertz CT molecular complexity index is 399. The Hall–Kier alpha value is -1.64. The van der Waals surface area contributed by atoms with E-state index in [-0.39, 0.29) is 17.7 Å². The van der Waals surface area contributed by atoms with E-state index in [1.54, 1.807) is 6.07 Å². The molecule has 1 aromatic carbocycles. The first-order valence-electron chi connectivity index (χ1n) is 5.36. The highest BCUT2D eigenvalue weighted by molar-refractivity contribution is 5.96. The average Bonchev–Trinajstić information content (AvgIpc) is 2.16. The highest BCUT2D eigenvalue weighted by Gasteiger charge is 2.11. The van der Waals surface area contributed by atoms with Crippen molar-refractivity contribution >= 4 is 11.7 Å². The lowest BCUT2D eigenvalue weighted by molar-refractivity contribution is -0.119. The van der Waals surface area contributed by atoms with Gasteiger partial charge in [0.15, 0.2) is 5.78 Å². The number of nitrogens with one attached hydrogen (secondary N) is 1. The van der Waals surface area contributed by atoms with Gasteiger partial charge in [-0.3, -0.25) is 9.59 Å². The zero-order valence-corrected chi connectivity index (χ0v) is 9.91. The maximum absolute atomic E-state index is 11.8. The first-order valence-corrected chi connectivity index (χ1v) is 5.36. The monoisotopic (exact) mass is 219 g/mol. The van der Waals surface area contributed by atoms with Gasteiger partial charge in [0.1, 0.15) is 0 Å². The summed E-state index contributed by atoms with van der Waals surface area (Å²) in [6.45, 7) is 5.23. The molecule has 3 heteroatoms. The summed E-state index contributed by atoms with van der Waals surface area (Å²) in [5, 5.41) is 2.70. The number of carbonyl (C=O) groups excluding carboxylic acids is 2. The van der Waals surface area contributed by atoms with Gasteiger partial charge in [0, 0.05) is 24.9 Å².